The van der Waals surface area contributed by atoms with Crippen LogP contribution in [-0.2, 0) is 44.7 Å². The molecule has 0 saturated carbocycles. The summed E-state index contributed by atoms with van der Waals surface area (Å²) in [6.45, 7) is 2.91. The highest BCUT2D eigenvalue weighted by Crippen LogP contribution is 2.62. The fourth-order valence-electron chi connectivity index (χ4n) is 1.06. The number of carbonyl (C=O) groups is 3. The first kappa shape index (κ1) is 19.5. The van der Waals surface area contributed by atoms with Gasteiger partial charge >= 0.3 is 17.9 Å². The first-order chi connectivity index (χ1) is 9.27. The van der Waals surface area contributed by atoms with Crippen molar-refractivity contribution in [2.45, 2.75) is 25.5 Å². The van der Waals surface area contributed by atoms with Gasteiger partial charge in [-0.25, -0.2) is 0 Å². The van der Waals surface area contributed by atoms with Crippen molar-refractivity contribution >= 4 is 46.8 Å². The molecule has 7 nitrogen and oxygen atoms in total. The number of hydrogen-bond acceptors (Lipinski definition) is 9. The minimum Gasteiger partial charge on any atom is -0.466 e. The molecule has 116 valence electrons. The van der Waals surface area contributed by atoms with E-state index in [0.717, 1.165) is 18.3 Å². The molecule has 1 unspecified atom stereocenters. The number of ether oxygens (including phenoxy) is 2. The molecule has 0 aromatic rings. The maximum absolute atomic E-state index is 11.8. The van der Waals surface area contributed by atoms with E-state index in [1.165, 1.54) is 14.2 Å². The molecule has 0 N–H and O–H groups in total. The summed E-state index contributed by atoms with van der Waals surface area (Å²) in [5, 5.41) is -1.02. The second-order valence-corrected chi connectivity index (χ2v) is 9.94. The van der Waals surface area contributed by atoms with Crippen molar-refractivity contribution in [1.29, 1.82) is 0 Å². The van der Waals surface area contributed by atoms with E-state index >= 15 is 0 Å². The Morgan fingerprint density at radius 3 is 2.20 bits per heavy atom. The molecule has 0 aliphatic carbocycles. The Morgan fingerprint density at radius 2 is 1.80 bits per heavy atom. The fraction of sp³-hybridized carbons (Fsp3) is 0.700. The molecular formula is C10H17O7PS2. The van der Waals surface area contributed by atoms with E-state index < -0.39 is 28.9 Å². The molecule has 0 heterocycles. The van der Waals surface area contributed by atoms with Crippen LogP contribution in [0.5, 0.6) is 0 Å². The topological polar surface area (TPSA) is 88.1 Å². The molecule has 0 amide bonds. The third-order valence-corrected chi connectivity index (χ3v) is 7.74. The zero-order valence-electron chi connectivity index (χ0n) is 11.6. The zero-order chi connectivity index (χ0) is 15.8. The Hall–Kier alpha value is -0.470. The normalized spacial score (nSPS) is 12.6. The van der Waals surface area contributed by atoms with E-state index in [9.17, 15) is 14.4 Å². The number of carbonyl (C=O) groups excluding carboxylic acids is 3. The summed E-state index contributed by atoms with van der Waals surface area (Å²) in [6, 6.07) is 0. The number of rotatable bonds is 8. The molecule has 0 aliphatic rings. The lowest BCUT2D eigenvalue weighted by Crippen LogP contribution is -2.26. The third kappa shape index (κ3) is 7.35. The first-order valence-corrected chi connectivity index (χ1v) is 9.68. The van der Waals surface area contributed by atoms with E-state index in [-0.39, 0.29) is 13.0 Å². The summed E-state index contributed by atoms with van der Waals surface area (Å²) in [4.78, 5) is 34.1. The van der Waals surface area contributed by atoms with Crippen molar-refractivity contribution in [3.05, 3.63) is 0 Å². The minimum atomic E-state index is -2.78. The van der Waals surface area contributed by atoms with Crippen LogP contribution in [0.25, 0.3) is 0 Å². The highest BCUT2D eigenvalue weighted by molar-refractivity contribution is 8.68. The summed E-state index contributed by atoms with van der Waals surface area (Å²) >= 11 is 5.97. The van der Waals surface area contributed by atoms with Crippen molar-refractivity contribution in [3.8, 4) is 0 Å². The van der Waals surface area contributed by atoms with E-state index in [4.69, 9.17) is 25.6 Å². The summed E-state index contributed by atoms with van der Waals surface area (Å²) in [6.07, 6.45) is -0.282. The molecule has 0 rings (SSSR count). The van der Waals surface area contributed by atoms with Gasteiger partial charge in [0.15, 0.2) is 0 Å². The van der Waals surface area contributed by atoms with Gasteiger partial charge in [0.2, 0.25) is 5.69 Å². The average Bonchev–Trinajstić information content (AvgIpc) is 2.37. The highest BCUT2D eigenvalue weighted by atomic mass is 32.9. The van der Waals surface area contributed by atoms with Gasteiger partial charge in [-0.05, 0) is 18.7 Å². The molecular weight excluding hydrogens is 327 g/mol. The predicted molar refractivity (Wildman–Crippen MR) is 77.7 cm³/mol. The lowest BCUT2D eigenvalue weighted by molar-refractivity contribution is -0.159. The Labute approximate surface area is 126 Å². The average molecular weight is 344 g/mol. The van der Waals surface area contributed by atoms with Gasteiger partial charge in [0.05, 0.1) is 13.0 Å². The van der Waals surface area contributed by atoms with Crippen LogP contribution < -0.4 is 0 Å². The van der Waals surface area contributed by atoms with E-state index in [2.05, 4.69) is 4.74 Å². The standard InChI is InChI=1S/C10H17O7PS2/c1-5-16-9(12)6-8(10(13)17-7(2)11)20-18(19,14-3)15-4/h8H,5-6H2,1-4H3. The van der Waals surface area contributed by atoms with Crippen molar-refractivity contribution in [2.75, 3.05) is 20.8 Å². The van der Waals surface area contributed by atoms with Crippen LogP contribution in [0.4, 0.5) is 0 Å². The zero-order valence-corrected chi connectivity index (χ0v) is 14.1. The Bertz CT molecular complexity index is 404. The van der Waals surface area contributed by atoms with Gasteiger partial charge in [0, 0.05) is 21.1 Å². The second-order valence-electron chi connectivity index (χ2n) is 3.33. The molecule has 10 heteroatoms. The van der Waals surface area contributed by atoms with Crippen LogP contribution in [0.2, 0.25) is 0 Å². The SMILES string of the molecule is CCOC(=O)CC(SP(=S)(OC)OC)C(=O)OC(C)=O. The van der Waals surface area contributed by atoms with Gasteiger partial charge in [0.1, 0.15) is 5.25 Å². The van der Waals surface area contributed by atoms with E-state index in [0.29, 0.717) is 0 Å². The van der Waals surface area contributed by atoms with Crippen molar-refractivity contribution < 1.29 is 32.9 Å². The van der Waals surface area contributed by atoms with Gasteiger partial charge in [-0.15, -0.1) is 0 Å². The molecule has 0 radical (unpaired) electrons. The Kier molecular flexibility index (Phi) is 9.24. The van der Waals surface area contributed by atoms with Crippen LogP contribution in [0.15, 0.2) is 0 Å². The smallest absolute Gasteiger partial charge is 0.327 e. The molecule has 20 heavy (non-hydrogen) atoms. The Balaban J connectivity index is 4.96. The molecule has 0 aromatic heterocycles. The van der Waals surface area contributed by atoms with Crippen molar-refractivity contribution in [3.63, 3.8) is 0 Å². The molecule has 0 bridgehead atoms. The monoisotopic (exact) mass is 344 g/mol. The summed E-state index contributed by atoms with van der Waals surface area (Å²) < 4.78 is 19.3. The summed E-state index contributed by atoms with van der Waals surface area (Å²) in [5.41, 5.74) is -2.78. The molecule has 0 spiro atoms. The lowest BCUT2D eigenvalue weighted by Gasteiger charge is -2.21. The fourth-order valence-corrected chi connectivity index (χ4v) is 4.90. The van der Waals surface area contributed by atoms with Crippen molar-refractivity contribution in [1.82, 2.24) is 0 Å². The molecule has 0 aromatic carbocycles. The largest absolute Gasteiger partial charge is 0.466 e. The molecule has 0 saturated heterocycles. The van der Waals surface area contributed by atoms with E-state index in [1.54, 1.807) is 6.92 Å². The first-order valence-electron chi connectivity index (χ1n) is 5.55. The van der Waals surface area contributed by atoms with Crippen LogP contribution in [0.1, 0.15) is 20.3 Å². The predicted octanol–water partition coefficient (Wildman–Crippen LogP) is 1.65. The molecule has 0 fully saturated rings. The lowest BCUT2D eigenvalue weighted by atomic mass is 10.3. The molecule has 0 aliphatic heterocycles. The van der Waals surface area contributed by atoms with Gasteiger partial charge in [-0.2, -0.15) is 0 Å². The van der Waals surface area contributed by atoms with Gasteiger partial charge in [-0.3, -0.25) is 14.4 Å². The summed E-state index contributed by atoms with van der Waals surface area (Å²) in [5.74, 6) is -2.24. The maximum atomic E-state index is 11.8. The second kappa shape index (κ2) is 9.46. The number of hydrogen-bond donors (Lipinski definition) is 0. The van der Waals surface area contributed by atoms with Gasteiger partial charge in [-0.1, -0.05) is 11.4 Å². The van der Waals surface area contributed by atoms with Crippen LogP contribution in [-0.4, -0.2) is 44.0 Å². The Morgan fingerprint density at radius 1 is 1.25 bits per heavy atom. The van der Waals surface area contributed by atoms with Crippen LogP contribution in [0, 0.1) is 0 Å². The van der Waals surface area contributed by atoms with Gasteiger partial charge < -0.3 is 18.5 Å². The summed E-state index contributed by atoms with van der Waals surface area (Å²) in [7, 11) is 2.68. The maximum Gasteiger partial charge on any atom is 0.327 e. The van der Waals surface area contributed by atoms with Crippen LogP contribution >= 0.6 is 17.1 Å². The minimum absolute atomic E-state index is 0.181. The highest BCUT2D eigenvalue weighted by Gasteiger charge is 2.33. The van der Waals surface area contributed by atoms with E-state index in [1.807, 2.05) is 0 Å². The third-order valence-electron chi connectivity index (χ3n) is 1.87. The number of esters is 3. The van der Waals surface area contributed by atoms with Crippen LogP contribution in [0.3, 0.4) is 0 Å². The van der Waals surface area contributed by atoms with Gasteiger partial charge in [0.25, 0.3) is 0 Å². The van der Waals surface area contributed by atoms with Crippen molar-refractivity contribution in [2.24, 2.45) is 0 Å². The quantitative estimate of drug-likeness (QED) is 0.370. The molecule has 1 atom stereocenters.